The Morgan fingerprint density at radius 1 is 1.15 bits per heavy atom. The quantitative estimate of drug-likeness (QED) is 0.272. The maximum atomic E-state index is 11.8. The second-order valence-corrected chi connectivity index (χ2v) is 6.81. The van der Waals surface area contributed by atoms with Crippen molar-refractivity contribution in [3.05, 3.63) is 0 Å². The van der Waals surface area contributed by atoms with E-state index in [0.29, 0.717) is 37.8 Å². The topological polar surface area (TPSA) is 111 Å². The molecule has 0 aromatic rings. The van der Waals surface area contributed by atoms with Crippen molar-refractivity contribution in [2.24, 2.45) is 0 Å². The first-order valence-corrected chi connectivity index (χ1v) is 9.48. The van der Waals surface area contributed by atoms with Crippen molar-refractivity contribution in [2.45, 2.75) is 45.1 Å². The normalized spacial score (nSPS) is 14.7. The number of amides is 3. The van der Waals surface area contributed by atoms with Crippen LogP contribution in [0, 0.1) is 0 Å². The fraction of sp³-hybridized carbons (Fsp3) is 0.750. The molecule has 10 heteroatoms. The average molecular weight is 437 g/mol. The van der Waals surface area contributed by atoms with E-state index in [0.717, 1.165) is 0 Å². The summed E-state index contributed by atoms with van der Waals surface area (Å²) >= 11 is 3.04. The van der Waals surface area contributed by atoms with Gasteiger partial charge < -0.3 is 19.6 Å². The van der Waals surface area contributed by atoms with Crippen LogP contribution in [0.3, 0.4) is 0 Å². The van der Waals surface area contributed by atoms with Crippen molar-refractivity contribution in [1.82, 2.24) is 10.4 Å². The van der Waals surface area contributed by atoms with Crippen LogP contribution in [-0.4, -0.2) is 66.1 Å². The standard InChI is InChI=1S/C16H25BrN2O7/c1-16(2,25-10-9-24-8-7-18-12(20)11-17)6-5-15(23)26-19-13(21)3-4-14(19)22/h3-11H2,1-2H3,(H,18,20). The molecule has 3 amide bonds. The van der Waals surface area contributed by atoms with Gasteiger partial charge in [0.05, 0.1) is 37.2 Å². The Kier molecular flexibility index (Phi) is 9.74. The molecule has 1 aliphatic heterocycles. The summed E-state index contributed by atoms with van der Waals surface area (Å²) in [6, 6.07) is 0. The zero-order valence-electron chi connectivity index (χ0n) is 15.0. The minimum atomic E-state index is -0.649. The Labute approximate surface area is 160 Å². The average Bonchev–Trinajstić information content (AvgIpc) is 2.91. The summed E-state index contributed by atoms with van der Waals surface area (Å²) in [5.41, 5.74) is -0.592. The van der Waals surface area contributed by atoms with Crippen molar-refractivity contribution in [3.8, 4) is 0 Å². The number of ether oxygens (including phenoxy) is 2. The minimum absolute atomic E-state index is 0.0174. The molecule has 0 aromatic heterocycles. The van der Waals surface area contributed by atoms with Gasteiger partial charge in [-0.2, -0.15) is 0 Å². The van der Waals surface area contributed by atoms with Gasteiger partial charge in [0.2, 0.25) is 5.91 Å². The van der Waals surface area contributed by atoms with Crippen molar-refractivity contribution in [2.75, 3.05) is 31.7 Å². The number of carbonyl (C=O) groups excluding carboxylic acids is 4. The smallest absolute Gasteiger partial charge is 0.333 e. The Morgan fingerprint density at radius 3 is 2.42 bits per heavy atom. The molecule has 1 N–H and O–H groups in total. The van der Waals surface area contributed by atoms with Crippen LogP contribution in [0.4, 0.5) is 0 Å². The fourth-order valence-electron chi connectivity index (χ4n) is 2.07. The van der Waals surface area contributed by atoms with Gasteiger partial charge in [-0.1, -0.05) is 15.9 Å². The zero-order valence-corrected chi connectivity index (χ0v) is 16.6. The number of imide groups is 1. The van der Waals surface area contributed by atoms with Crippen LogP contribution in [-0.2, 0) is 33.5 Å². The molecule has 0 bridgehead atoms. The highest BCUT2D eigenvalue weighted by molar-refractivity contribution is 9.09. The van der Waals surface area contributed by atoms with Gasteiger partial charge in [0, 0.05) is 19.4 Å². The highest BCUT2D eigenvalue weighted by atomic mass is 79.9. The first-order valence-electron chi connectivity index (χ1n) is 8.36. The van der Waals surface area contributed by atoms with E-state index in [1.807, 2.05) is 13.8 Å². The van der Waals surface area contributed by atoms with Crippen molar-refractivity contribution >= 4 is 39.6 Å². The Bertz CT molecular complexity index is 509. The molecule has 1 heterocycles. The van der Waals surface area contributed by atoms with E-state index in [9.17, 15) is 19.2 Å². The Balaban J connectivity index is 2.13. The molecule has 1 rings (SSSR count). The van der Waals surface area contributed by atoms with Crippen LogP contribution in [0.1, 0.15) is 39.5 Å². The molecule has 26 heavy (non-hydrogen) atoms. The minimum Gasteiger partial charge on any atom is -0.377 e. The summed E-state index contributed by atoms with van der Waals surface area (Å²) in [6.45, 7) is 5.14. The van der Waals surface area contributed by atoms with Gasteiger partial charge in [-0.15, -0.1) is 5.06 Å². The van der Waals surface area contributed by atoms with Crippen LogP contribution >= 0.6 is 15.9 Å². The molecule has 1 aliphatic rings. The second kappa shape index (κ2) is 11.2. The van der Waals surface area contributed by atoms with E-state index in [2.05, 4.69) is 21.2 Å². The molecule has 0 saturated carbocycles. The van der Waals surface area contributed by atoms with Crippen LogP contribution in [0.25, 0.3) is 0 Å². The lowest BCUT2D eigenvalue weighted by atomic mass is 10.0. The van der Waals surface area contributed by atoms with E-state index in [1.54, 1.807) is 0 Å². The summed E-state index contributed by atoms with van der Waals surface area (Å²) < 4.78 is 11.0. The first kappa shape index (κ1) is 22.5. The Hall–Kier alpha value is -1.52. The number of carbonyl (C=O) groups is 4. The molecular formula is C16H25BrN2O7. The summed E-state index contributed by atoms with van der Waals surface area (Å²) in [5, 5.41) is 3.45. The summed E-state index contributed by atoms with van der Waals surface area (Å²) in [6.07, 6.45) is 0.522. The maximum absolute atomic E-state index is 11.8. The third-order valence-corrected chi connectivity index (χ3v) is 4.05. The van der Waals surface area contributed by atoms with Gasteiger partial charge in [-0.3, -0.25) is 14.4 Å². The SMILES string of the molecule is CC(C)(CCC(=O)ON1C(=O)CCC1=O)OCCOCCNC(=O)CBr. The second-order valence-electron chi connectivity index (χ2n) is 6.25. The van der Waals surface area contributed by atoms with Gasteiger partial charge in [-0.25, -0.2) is 4.79 Å². The number of rotatable bonds is 12. The molecule has 0 atom stereocenters. The molecule has 0 aliphatic carbocycles. The van der Waals surface area contributed by atoms with E-state index in [-0.39, 0.29) is 30.5 Å². The van der Waals surface area contributed by atoms with Gasteiger partial charge in [0.25, 0.3) is 11.8 Å². The lowest BCUT2D eigenvalue weighted by molar-refractivity contribution is -0.198. The van der Waals surface area contributed by atoms with Gasteiger partial charge in [0.1, 0.15) is 0 Å². The Morgan fingerprint density at radius 2 is 1.81 bits per heavy atom. The van der Waals surface area contributed by atoms with Crippen LogP contribution in [0.2, 0.25) is 0 Å². The van der Waals surface area contributed by atoms with E-state index in [1.165, 1.54) is 0 Å². The first-order chi connectivity index (χ1) is 12.2. The van der Waals surface area contributed by atoms with Crippen LogP contribution < -0.4 is 5.32 Å². The van der Waals surface area contributed by atoms with E-state index in [4.69, 9.17) is 14.3 Å². The number of alkyl halides is 1. The van der Waals surface area contributed by atoms with Crippen LogP contribution in [0.15, 0.2) is 0 Å². The number of hydrogen-bond acceptors (Lipinski definition) is 7. The molecule has 0 radical (unpaired) electrons. The highest BCUT2D eigenvalue weighted by Gasteiger charge is 2.33. The predicted octanol–water partition coefficient (Wildman–Crippen LogP) is 0.697. The molecular weight excluding hydrogens is 412 g/mol. The molecule has 0 unspecified atom stereocenters. The van der Waals surface area contributed by atoms with Gasteiger partial charge in [0.15, 0.2) is 0 Å². The van der Waals surface area contributed by atoms with Gasteiger partial charge >= 0.3 is 5.97 Å². The number of nitrogens with zero attached hydrogens (tertiary/aromatic N) is 1. The molecule has 0 spiro atoms. The van der Waals surface area contributed by atoms with Gasteiger partial charge in [-0.05, 0) is 20.3 Å². The van der Waals surface area contributed by atoms with E-state index < -0.39 is 23.4 Å². The van der Waals surface area contributed by atoms with E-state index >= 15 is 0 Å². The van der Waals surface area contributed by atoms with Crippen molar-refractivity contribution in [3.63, 3.8) is 0 Å². The molecule has 9 nitrogen and oxygen atoms in total. The predicted molar refractivity (Wildman–Crippen MR) is 94.1 cm³/mol. The molecule has 1 saturated heterocycles. The monoisotopic (exact) mass is 436 g/mol. The highest BCUT2D eigenvalue weighted by Crippen LogP contribution is 2.18. The van der Waals surface area contributed by atoms with Crippen LogP contribution in [0.5, 0.6) is 0 Å². The lowest BCUT2D eigenvalue weighted by Gasteiger charge is -2.25. The largest absolute Gasteiger partial charge is 0.377 e. The molecule has 0 aromatic carbocycles. The molecule has 148 valence electrons. The molecule has 1 fully saturated rings. The third-order valence-electron chi connectivity index (χ3n) is 3.54. The number of halogens is 1. The fourth-order valence-corrected chi connectivity index (χ4v) is 2.27. The van der Waals surface area contributed by atoms with Crippen molar-refractivity contribution in [1.29, 1.82) is 0 Å². The third kappa shape index (κ3) is 8.72. The number of hydrogen-bond donors (Lipinski definition) is 1. The zero-order chi connectivity index (χ0) is 19.6. The number of nitrogens with one attached hydrogen (secondary N) is 1. The summed E-state index contributed by atoms with van der Waals surface area (Å²) in [4.78, 5) is 50.4. The number of hydroxylamine groups is 2. The maximum Gasteiger partial charge on any atom is 0.333 e. The summed E-state index contributed by atoms with van der Waals surface area (Å²) in [7, 11) is 0. The summed E-state index contributed by atoms with van der Waals surface area (Å²) in [5.74, 6) is -1.74. The lowest BCUT2D eigenvalue weighted by Crippen LogP contribution is -2.33. The van der Waals surface area contributed by atoms with Crippen molar-refractivity contribution < 1.29 is 33.5 Å².